The SMILES string of the molecule is OCN1C=CC(C2=c3ccc([nH]3)=C(C3=CCN(CO)C=C3)c3ccc([nH]3)C(C3=CCN(CO)C=C3)=c3ccc([nH]3)=C(C3=CCN(CO)C=C3)c3ccc2[nH]3)=CC1. The molecule has 5 aliphatic rings. The number of nitrogens with zero attached hydrogens (tertiary/aromatic N) is 4. The van der Waals surface area contributed by atoms with Crippen LogP contribution in [-0.2, 0) is 0 Å². The first kappa shape index (κ1) is 35.3. The number of hydrogen-bond donors (Lipinski definition) is 8. The second-order valence-electron chi connectivity index (χ2n) is 14.2. The summed E-state index contributed by atoms with van der Waals surface area (Å²) in [7, 11) is 0. The summed E-state index contributed by atoms with van der Waals surface area (Å²) < 4.78 is 0. The lowest BCUT2D eigenvalue weighted by Gasteiger charge is -2.21. The first-order chi connectivity index (χ1) is 27.5. The molecule has 8 bridgehead atoms. The molecule has 12 heteroatoms. The van der Waals surface area contributed by atoms with Gasteiger partial charge in [0.1, 0.15) is 26.9 Å². The summed E-state index contributed by atoms with van der Waals surface area (Å²) in [4.78, 5) is 22.5. The molecule has 0 atom stereocenters. The Morgan fingerprint density at radius 2 is 0.607 bits per heavy atom. The molecule has 9 heterocycles. The molecule has 4 aromatic rings. The maximum absolute atomic E-state index is 9.85. The van der Waals surface area contributed by atoms with Crippen LogP contribution in [0.15, 0.2) is 144 Å². The fraction of sp³-hybridized carbons (Fsp3) is 0.182. The molecule has 0 unspecified atom stereocenters. The van der Waals surface area contributed by atoms with E-state index < -0.39 is 0 Å². The highest BCUT2D eigenvalue weighted by Crippen LogP contribution is 2.30. The highest BCUT2D eigenvalue weighted by atomic mass is 16.3. The Morgan fingerprint density at radius 3 is 0.804 bits per heavy atom. The van der Waals surface area contributed by atoms with Crippen LogP contribution >= 0.6 is 0 Å². The lowest BCUT2D eigenvalue weighted by Crippen LogP contribution is -2.24. The molecule has 0 saturated heterocycles. The van der Waals surface area contributed by atoms with E-state index in [1.807, 2.05) is 68.7 Å². The monoisotopic (exact) mass is 748 g/mol. The summed E-state index contributed by atoms with van der Waals surface area (Å²) in [6.45, 7) is 2.00. The summed E-state index contributed by atoms with van der Waals surface area (Å²) >= 11 is 0. The van der Waals surface area contributed by atoms with Gasteiger partial charge in [-0.25, -0.2) is 0 Å². The molecule has 5 aliphatic heterocycles. The number of rotatable bonds is 8. The highest BCUT2D eigenvalue weighted by Gasteiger charge is 2.21. The van der Waals surface area contributed by atoms with Crippen LogP contribution < -0.4 is 21.4 Å². The quantitative estimate of drug-likeness (QED) is 0.132. The molecule has 0 aliphatic carbocycles. The molecular formula is C44H44N8O4. The zero-order valence-electron chi connectivity index (χ0n) is 30.8. The van der Waals surface area contributed by atoms with E-state index in [1.54, 1.807) is 0 Å². The Bertz CT molecular complexity index is 2330. The minimum Gasteiger partial charge on any atom is -0.376 e. The average molecular weight is 749 g/mol. The predicted octanol–water partition coefficient (Wildman–Crippen LogP) is 0.930. The molecule has 284 valence electrons. The smallest absolute Gasteiger partial charge is 0.115 e. The first-order valence-corrected chi connectivity index (χ1v) is 18.7. The second-order valence-corrected chi connectivity index (χ2v) is 14.2. The van der Waals surface area contributed by atoms with Crippen molar-refractivity contribution in [1.29, 1.82) is 0 Å². The zero-order chi connectivity index (χ0) is 38.2. The number of H-pyrrole nitrogens is 4. The third-order valence-corrected chi connectivity index (χ3v) is 10.8. The molecule has 12 nitrogen and oxygen atoms in total. The molecule has 56 heavy (non-hydrogen) atoms. The molecule has 0 amide bonds. The number of hydrogen-bond acceptors (Lipinski definition) is 8. The van der Waals surface area contributed by atoms with Crippen LogP contribution in [0.5, 0.6) is 0 Å². The Labute approximate surface area is 323 Å². The highest BCUT2D eigenvalue weighted by molar-refractivity contribution is 5.87. The van der Waals surface area contributed by atoms with Gasteiger partial charge in [-0.05, 0) is 95.1 Å². The van der Waals surface area contributed by atoms with Gasteiger partial charge in [0.05, 0.1) is 0 Å². The van der Waals surface area contributed by atoms with Crippen LogP contribution in [0.1, 0.15) is 22.8 Å². The van der Waals surface area contributed by atoms with Crippen molar-refractivity contribution in [2.75, 3.05) is 53.1 Å². The van der Waals surface area contributed by atoms with E-state index in [1.165, 1.54) is 0 Å². The summed E-state index contributed by atoms with van der Waals surface area (Å²) in [5.74, 6) is 0. The average Bonchev–Trinajstić information content (AvgIpc) is 4.10. The van der Waals surface area contributed by atoms with Crippen molar-refractivity contribution >= 4 is 22.3 Å². The summed E-state index contributed by atoms with van der Waals surface area (Å²) in [5, 5.41) is 43.1. The van der Waals surface area contributed by atoms with Crippen molar-refractivity contribution < 1.29 is 20.4 Å². The van der Waals surface area contributed by atoms with Gasteiger partial charge in [-0.3, -0.25) is 0 Å². The van der Waals surface area contributed by atoms with E-state index in [2.05, 4.69) is 92.8 Å². The van der Waals surface area contributed by atoms with E-state index in [0.717, 1.165) is 88.8 Å². The van der Waals surface area contributed by atoms with Gasteiger partial charge in [-0.15, -0.1) is 0 Å². The lowest BCUT2D eigenvalue weighted by molar-refractivity contribution is 0.161. The number of aromatic nitrogens is 4. The lowest BCUT2D eigenvalue weighted by atomic mass is 10.0. The van der Waals surface area contributed by atoms with Crippen molar-refractivity contribution in [3.63, 3.8) is 0 Å². The summed E-state index contributed by atoms with van der Waals surface area (Å²) in [5.41, 5.74) is 11.7. The van der Waals surface area contributed by atoms with Gasteiger partial charge in [0.15, 0.2) is 0 Å². The largest absolute Gasteiger partial charge is 0.376 e. The molecule has 0 spiro atoms. The minimum absolute atomic E-state index is 0.0671. The number of aliphatic hydroxyl groups excluding tert-OH is 4. The number of aliphatic hydroxyl groups is 4. The Kier molecular flexibility index (Phi) is 9.45. The summed E-state index contributed by atoms with van der Waals surface area (Å²) in [6.07, 6.45) is 24.4. The topological polar surface area (TPSA) is 157 Å². The van der Waals surface area contributed by atoms with E-state index in [-0.39, 0.29) is 26.9 Å². The van der Waals surface area contributed by atoms with Gasteiger partial charge in [0, 0.05) is 117 Å². The van der Waals surface area contributed by atoms with Crippen LogP contribution in [0.25, 0.3) is 22.3 Å². The molecule has 0 fully saturated rings. The molecule has 0 radical (unpaired) electrons. The number of fused-ring (bicyclic) bond motifs is 8. The normalized spacial score (nSPS) is 18.2. The van der Waals surface area contributed by atoms with Gasteiger partial charge in [-0.2, -0.15) is 0 Å². The van der Waals surface area contributed by atoms with Crippen molar-refractivity contribution in [3.05, 3.63) is 188 Å². The van der Waals surface area contributed by atoms with Crippen molar-refractivity contribution in [2.45, 2.75) is 0 Å². The van der Waals surface area contributed by atoms with Gasteiger partial charge < -0.3 is 60.0 Å². The van der Waals surface area contributed by atoms with Gasteiger partial charge in [-0.1, -0.05) is 24.3 Å². The summed E-state index contributed by atoms with van der Waals surface area (Å²) in [6, 6.07) is 16.9. The van der Waals surface area contributed by atoms with Crippen LogP contribution in [0, 0.1) is 0 Å². The van der Waals surface area contributed by atoms with Crippen LogP contribution in [0.3, 0.4) is 0 Å². The molecule has 0 aromatic carbocycles. The molecular weight excluding hydrogens is 705 g/mol. The van der Waals surface area contributed by atoms with Crippen molar-refractivity contribution in [2.24, 2.45) is 0 Å². The Balaban J connectivity index is 1.35. The first-order valence-electron chi connectivity index (χ1n) is 18.7. The van der Waals surface area contributed by atoms with Crippen LogP contribution in [0.2, 0.25) is 0 Å². The molecule has 9 rings (SSSR count). The molecule has 4 aromatic heterocycles. The van der Waals surface area contributed by atoms with Gasteiger partial charge >= 0.3 is 0 Å². The number of aromatic amines is 4. The van der Waals surface area contributed by atoms with E-state index in [0.29, 0.717) is 26.2 Å². The number of allylic oxidation sites excluding steroid dienone is 8. The second kappa shape index (κ2) is 15.0. The molecule has 0 saturated carbocycles. The fourth-order valence-corrected chi connectivity index (χ4v) is 7.85. The van der Waals surface area contributed by atoms with Gasteiger partial charge in [0.2, 0.25) is 0 Å². The predicted molar refractivity (Wildman–Crippen MR) is 216 cm³/mol. The van der Waals surface area contributed by atoms with Gasteiger partial charge in [0.25, 0.3) is 0 Å². The van der Waals surface area contributed by atoms with Crippen molar-refractivity contribution in [3.8, 4) is 0 Å². The standard InChI is InChI=1S/C44H44N8O4/c53-25-49-17-9-29(10-18-49)41-33-1-2-34(45-33)42(30-11-19-50(26-54)20-12-30)36-5-6-38(47-36)44(32-15-23-52(28-56)24-16-32)40-8-7-39(48-40)43(37-4-3-35(41)46-37)31-13-21-51(27-55)22-14-31/h1-17,19,21,23,45-48,53-56H,18,20,22,24-28H2. The van der Waals surface area contributed by atoms with Crippen LogP contribution in [-0.4, -0.2) is 113 Å². The number of nitrogens with one attached hydrogen (secondary N) is 4. The fourth-order valence-electron chi connectivity index (χ4n) is 7.85. The maximum atomic E-state index is 9.85. The Hall–Kier alpha value is -6.44. The van der Waals surface area contributed by atoms with Crippen LogP contribution in [0.4, 0.5) is 0 Å². The minimum atomic E-state index is -0.0671. The van der Waals surface area contributed by atoms with E-state index in [9.17, 15) is 20.4 Å². The maximum Gasteiger partial charge on any atom is 0.115 e. The third kappa shape index (κ3) is 6.54. The Morgan fingerprint density at radius 1 is 0.357 bits per heavy atom. The van der Waals surface area contributed by atoms with E-state index in [4.69, 9.17) is 0 Å². The zero-order valence-corrected chi connectivity index (χ0v) is 30.8. The third-order valence-electron chi connectivity index (χ3n) is 10.8. The van der Waals surface area contributed by atoms with Crippen molar-refractivity contribution in [1.82, 2.24) is 39.5 Å². The van der Waals surface area contributed by atoms with E-state index >= 15 is 0 Å². The molecule has 8 N–H and O–H groups in total.